The number of nitrogens with zero attached hydrogens (tertiary/aromatic N) is 4. The number of ether oxygens (including phenoxy) is 3. The number of hydrogen-bond acceptors (Lipinski definition) is 9. The number of aromatic amines is 1. The molecule has 5 rings (SSSR count). The maximum absolute atomic E-state index is 13.6. The Morgan fingerprint density at radius 1 is 1.13 bits per heavy atom. The molecule has 0 unspecified atom stereocenters. The van der Waals surface area contributed by atoms with Crippen LogP contribution in [0.1, 0.15) is 12.2 Å². The predicted octanol–water partition coefficient (Wildman–Crippen LogP) is 1.86. The van der Waals surface area contributed by atoms with Gasteiger partial charge in [-0.15, -0.1) is 0 Å². The molecule has 38 heavy (non-hydrogen) atoms. The van der Waals surface area contributed by atoms with Crippen molar-refractivity contribution >= 4 is 11.9 Å². The second kappa shape index (κ2) is 12.4. The number of carbonyl (C=O) groups is 1. The van der Waals surface area contributed by atoms with E-state index < -0.39 is 6.29 Å². The van der Waals surface area contributed by atoms with E-state index in [2.05, 4.69) is 20.3 Å². The van der Waals surface area contributed by atoms with E-state index in [9.17, 15) is 9.18 Å². The lowest BCUT2D eigenvalue weighted by Crippen LogP contribution is -2.48. The number of aliphatic hydroxyl groups is 1. The van der Waals surface area contributed by atoms with E-state index in [1.165, 1.54) is 12.1 Å². The molecule has 12 heteroatoms. The molecule has 2 aromatic heterocycles. The lowest BCUT2D eigenvalue weighted by atomic mass is 10.1. The van der Waals surface area contributed by atoms with E-state index in [1.54, 1.807) is 29.3 Å². The van der Waals surface area contributed by atoms with Gasteiger partial charge in [-0.3, -0.25) is 4.79 Å². The first-order chi connectivity index (χ1) is 18.6. The third-order valence-electron chi connectivity index (χ3n) is 6.40. The fraction of sp³-hybridized carbons (Fsp3) is 0.462. The first-order valence-electron chi connectivity index (χ1n) is 12.7. The molecule has 202 valence electrons. The zero-order valence-corrected chi connectivity index (χ0v) is 20.9. The van der Waals surface area contributed by atoms with Gasteiger partial charge >= 0.3 is 0 Å². The van der Waals surface area contributed by atoms with Crippen LogP contribution in [0.15, 0.2) is 36.5 Å². The van der Waals surface area contributed by atoms with Crippen molar-refractivity contribution in [2.45, 2.75) is 19.1 Å². The summed E-state index contributed by atoms with van der Waals surface area (Å²) in [4.78, 5) is 31.5. The van der Waals surface area contributed by atoms with E-state index in [-0.39, 0.29) is 37.5 Å². The normalized spacial score (nSPS) is 19.9. The number of aromatic nitrogens is 4. The maximum Gasteiger partial charge on any atom is 0.230 e. The molecule has 1 amide bonds. The van der Waals surface area contributed by atoms with Crippen molar-refractivity contribution in [1.82, 2.24) is 24.8 Å². The second-order valence-corrected chi connectivity index (χ2v) is 9.12. The highest BCUT2D eigenvalue weighted by Gasteiger charge is 2.32. The van der Waals surface area contributed by atoms with E-state index in [0.29, 0.717) is 74.5 Å². The Kier molecular flexibility index (Phi) is 8.54. The molecule has 0 atom stereocenters. The summed E-state index contributed by atoms with van der Waals surface area (Å²) in [5, 5.41) is 12.1. The van der Waals surface area contributed by atoms with Gasteiger partial charge in [0.05, 0.1) is 55.8 Å². The van der Waals surface area contributed by atoms with Crippen molar-refractivity contribution in [3.05, 3.63) is 48.2 Å². The van der Waals surface area contributed by atoms with Crippen LogP contribution in [0.5, 0.6) is 0 Å². The third-order valence-corrected chi connectivity index (χ3v) is 6.40. The van der Waals surface area contributed by atoms with Gasteiger partial charge in [-0.25, -0.2) is 19.3 Å². The van der Waals surface area contributed by atoms with Gasteiger partial charge in [0, 0.05) is 38.0 Å². The topological polar surface area (TPSA) is 135 Å². The van der Waals surface area contributed by atoms with Crippen molar-refractivity contribution in [3.63, 3.8) is 0 Å². The molecule has 2 fully saturated rings. The van der Waals surface area contributed by atoms with Crippen LogP contribution in [-0.4, -0.2) is 94.8 Å². The number of aliphatic hydroxyl groups excluding tert-OH is 1. The van der Waals surface area contributed by atoms with Crippen LogP contribution in [0, 0.1) is 11.7 Å². The van der Waals surface area contributed by atoms with Gasteiger partial charge in [0.15, 0.2) is 6.29 Å². The number of morpholine rings is 1. The Morgan fingerprint density at radius 3 is 2.63 bits per heavy atom. The Bertz CT molecular complexity index is 1210. The summed E-state index contributed by atoms with van der Waals surface area (Å²) in [7, 11) is 0. The van der Waals surface area contributed by atoms with Gasteiger partial charge in [0.25, 0.3) is 0 Å². The summed E-state index contributed by atoms with van der Waals surface area (Å²) in [5.74, 6) is 0.373. The molecule has 2 aliphatic rings. The summed E-state index contributed by atoms with van der Waals surface area (Å²) >= 11 is 0. The molecule has 11 nitrogen and oxygen atoms in total. The molecule has 3 aromatic rings. The van der Waals surface area contributed by atoms with Gasteiger partial charge in [0.1, 0.15) is 11.6 Å². The summed E-state index contributed by atoms with van der Waals surface area (Å²) in [6.45, 7) is 3.41. The van der Waals surface area contributed by atoms with Crippen molar-refractivity contribution in [2.75, 3.05) is 58.0 Å². The highest BCUT2D eigenvalue weighted by Crippen LogP contribution is 2.30. The van der Waals surface area contributed by atoms with Crippen LogP contribution in [0.4, 0.5) is 10.3 Å². The quantitative estimate of drug-likeness (QED) is 0.357. The molecular weight excluding hydrogens is 495 g/mol. The molecule has 4 heterocycles. The zero-order chi connectivity index (χ0) is 26.3. The van der Waals surface area contributed by atoms with E-state index in [0.717, 1.165) is 5.56 Å². The van der Waals surface area contributed by atoms with Crippen molar-refractivity contribution < 1.29 is 28.5 Å². The number of amides is 1. The van der Waals surface area contributed by atoms with E-state index in [1.807, 2.05) is 0 Å². The summed E-state index contributed by atoms with van der Waals surface area (Å²) in [5.41, 5.74) is 2.58. The number of rotatable bonds is 9. The smallest absolute Gasteiger partial charge is 0.230 e. The minimum atomic E-state index is -0.565. The monoisotopic (exact) mass is 526 g/mol. The Morgan fingerprint density at radius 2 is 1.89 bits per heavy atom. The average molecular weight is 527 g/mol. The van der Waals surface area contributed by atoms with Gasteiger partial charge < -0.3 is 34.5 Å². The number of imidazole rings is 1. The molecule has 1 aromatic carbocycles. The summed E-state index contributed by atoms with van der Waals surface area (Å²) < 4.78 is 30.7. The van der Waals surface area contributed by atoms with Crippen molar-refractivity contribution in [3.8, 4) is 22.6 Å². The lowest BCUT2D eigenvalue weighted by molar-refractivity contribution is -0.205. The van der Waals surface area contributed by atoms with Gasteiger partial charge in [-0.1, -0.05) is 0 Å². The van der Waals surface area contributed by atoms with E-state index >= 15 is 0 Å². The molecule has 0 radical (unpaired) electrons. The zero-order valence-electron chi connectivity index (χ0n) is 20.9. The SMILES string of the molecule is O=C(C1COC(Cc2nc(-c3ccc(F)cc3)c(-c3ccnc(NCCCO)n3)[nH]2)OC1)N1CCOCC1. The number of benzene rings is 1. The number of carbonyl (C=O) groups excluding carboxylic acids is 1. The summed E-state index contributed by atoms with van der Waals surface area (Å²) in [6.07, 6.45) is 1.98. The Labute approximate surface area is 219 Å². The number of halogens is 1. The highest BCUT2D eigenvalue weighted by atomic mass is 19.1. The molecule has 0 bridgehead atoms. The van der Waals surface area contributed by atoms with Crippen LogP contribution in [0.3, 0.4) is 0 Å². The van der Waals surface area contributed by atoms with Crippen molar-refractivity contribution in [1.29, 1.82) is 0 Å². The van der Waals surface area contributed by atoms with Crippen molar-refractivity contribution in [2.24, 2.45) is 5.92 Å². The molecule has 0 saturated carbocycles. The van der Waals surface area contributed by atoms with Crippen LogP contribution in [0.25, 0.3) is 22.6 Å². The average Bonchev–Trinajstić information content (AvgIpc) is 3.38. The largest absolute Gasteiger partial charge is 0.396 e. The number of nitrogens with one attached hydrogen (secondary N) is 2. The highest BCUT2D eigenvalue weighted by molar-refractivity contribution is 5.79. The standard InChI is InChI=1S/C26H31FN6O5/c27-19-4-2-17(3-5-19)23-24(20-6-8-29-26(30-20)28-7-1-11-34)32-21(31-23)14-22-37-15-18(16-38-22)25(35)33-9-12-36-13-10-33/h2-6,8,18,22,34H,1,7,9-16H2,(H,31,32)(H,28,29,30). The minimum Gasteiger partial charge on any atom is -0.396 e. The van der Waals surface area contributed by atoms with Gasteiger partial charge in [-0.2, -0.15) is 0 Å². The lowest BCUT2D eigenvalue weighted by Gasteiger charge is -2.33. The van der Waals surface area contributed by atoms with Crippen LogP contribution < -0.4 is 5.32 Å². The molecule has 2 aliphatic heterocycles. The Hall–Kier alpha value is -3.45. The first kappa shape index (κ1) is 26.2. The third kappa shape index (κ3) is 6.33. The molecular formula is C26H31FN6O5. The number of H-pyrrole nitrogens is 1. The molecule has 0 spiro atoms. The fourth-order valence-corrected chi connectivity index (χ4v) is 4.39. The van der Waals surface area contributed by atoms with Gasteiger partial charge in [-0.05, 0) is 36.8 Å². The van der Waals surface area contributed by atoms with E-state index in [4.69, 9.17) is 24.3 Å². The van der Waals surface area contributed by atoms with Crippen LogP contribution >= 0.6 is 0 Å². The van der Waals surface area contributed by atoms with Gasteiger partial charge in [0.2, 0.25) is 11.9 Å². The maximum atomic E-state index is 13.6. The van der Waals surface area contributed by atoms with Crippen LogP contribution in [0.2, 0.25) is 0 Å². The Balaban J connectivity index is 1.31. The fourth-order valence-electron chi connectivity index (χ4n) is 4.39. The molecule has 0 aliphatic carbocycles. The first-order valence-corrected chi connectivity index (χ1v) is 12.7. The molecule has 3 N–H and O–H groups in total. The second-order valence-electron chi connectivity index (χ2n) is 9.12. The van der Waals surface area contributed by atoms with Crippen LogP contribution in [-0.2, 0) is 25.4 Å². The predicted molar refractivity (Wildman–Crippen MR) is 135 cm³/mol. The summed E-state index contributed by atoms with van der Waals surface area (Å²) in [6, 6.07) is 7.85. The number of hydrogen-bond donors (Lipinski definition) is 3. The minimum absolute atomic E-state index is 0.0257. The number of anilines is 1. The molecule has 2 saturated heterocycles.